The molecule has 0 aliphatic heterocycles. The van der Waals surface area contributed by atoms with Crippen molar-refractivity contribution in [3.63, 3.8) is 0 Å². The minimum absolute atomic E-state index is 0.00801. The van der Waals surface area contributed by atoms with E-state index in [4.69, 9.17) is 5.73 Å². The third kappa shape index (κ3) is 3.99. The largest absolute Gasteiger partial charge is 0.366 e. The molecular formula is C20H25F2N7O. The molecule has 1 saturated carbocycles. The Morgan fingerprint density at radius 2 is 2.07 bits per heavy atom. The molecule has 3 aromatic heterocycles. The van der Waals surface area contributed by atoms with Gasteiger partial charge in [0.15, 0.2) is 5.65 Å². The molecule has 1 fully saturated rings. The van der Waals surface area contributed by atoms with E-state index in [1.807, 2.05) is 20.0 Å². The van der Waals surface area contributed by atoms with Crippen LogP contribution < -0.4 is 11.1 Å². The molecule has 3 heterocycles. The molecule has 1 atom stereocenters. The fourth-order valence-corrected chi connectivity index (χ4v) is 3.71. The van der Waals surface area contributed by atoms with Gasteiger partial charge in [0.1, 0.15) is 0 Å². The summed E-state index contributed by atoms with van der Waals surface area (Å²) in [5.41, 5.74) is 7.97. The monoisotopic (exact) mass is 417 g/mol. The number of aromatic nitrogens is 5. The molecule has 0 bridgehead atoms. The molecule has 0 spiro atoms. The lowest BCUT2D eigenvalue weighted by atomic mass is 9.92. The van der Waals surface area contributed by atoms with Gasteiger partial charge in [-0.15, -0.1) is 5.10 Å². The van der Waals surface area contributed by atoms with E-state index in [-0.39, 0.29) is 36.8 Å². The lowest BCUT2D eigenvalue weighted by molar-refractivity contribution is -0.0449. The average Bonchev–Trinajstić information content (AvgIpc) is 3.32. The Morgan fingerprint density at radius 3 is 2.77 bits per heavy atom. The van der Waals surface area contributed by atoms with Gasteiger partial charge in [-0.05, 0) is 32.3 Å². The second-order valence-corrected chi connectivity index (χ2v) is 7.96. The van der Waals surface area contributed by atoms with E-state index in [1.165, 1.54) is 4.52 Å². The fourth-order valence-electron chi connectivity index (χ4n) is 3.71. The number of pyridine rings is 1. The molecule has 10 heteroatoms. The Morgan fingerprint density at radius 1 is 1.33 bits per heavy atom. The molecule has 160 valence electrons. The Balaban J connectivity index is 1.66. The molecule has 1 unspecified atom stereocenters. The summed E-state index contributed by atoms with van der Waals surface area (Å²) in [7, 11) is 0. The van der Waals surface area contributed by atoms with Crippen molar-refractivity contribution in [3.8, 4) is 11.1 Å². The molecule has 1 aliphatic rings. The van der Waals surface area contributed by atoms with Crippen molar-refractivity contribution in [2.24, 2.45) is 0 Å². The number of carbonyl (C=O) groups excluding carboxylic acids is 1. The number of nitrogens with two attached hydrogens (primary N) is 1. The maximum atomic E-state index is 13.5. The van der Waals surface area contributed by atoms with Crippen molar-refractivity contribution in [1.29, 1.82) is 0 Å². The van der Waals surface area contributed by atoms with Gasteiger partial charge in [-0.3, -0.25) is 9.48 Å². The predicted molar refractivity (Wildman–Crippen MR) is 108 cm³/mol. The standard InChI is InChI=1S/C20H25F2N7O/c1-3-12(2)25-18(30)16-8-13(10-29-17(16)26-19(23)27-29)14-9-24-28(11-14)15-4-6-20(21,22)7-5-15/h8-12,15H,3-7H2,1-2H3,(H2,23,27)(H,25,30). The number of nitrogens with zero attached hydrogens (tertiary/aromatic N) is 5. The molecule has 0 radical (unpaired) electrons. The molecule has 8 nitrogen and oxygen atoms in total. The van der Waals surface area contributed by atoms with Crippen LogP contribution in [-0.2, 0) is 0 Å². The van der Waals surface area contributed by atoms with E-state index >= 15 is 0 Å². The SMILES string of the molecule is CCC(C)NC(=O)c1cc(-c2cnn(C3CCC(F)(F)CC3)c2)cn2nc(N)nc12. The molecule has 4 rings (SSSR count). The van der Waals surface area contributed by atoms with E-state index in [9.17, 15) is 13.6 Å². The van der Waals surface area contributed by atoms with Crippen LogP contribution >= 0.6 is 0 Å². The average molecular weight is 417 g/mol. The summed E-state index contributed by atoms with van der Waals surface area (Å²) in [4.78, 5) is 17.0. The Labute approximate surface area is 172 Å². The molecule has 0 aromatic carbocycles. The summed E-state index contributed by atoms with van der Waals surface area (Å²) in [6, 6.07) is 1.68. The number of anilines is 1. The smallest absolute Gasteiger partial charge is 0.255 e. The highest BCUT2D eigenvalue weighted by Gasteiger charge is 2.35. The highest BCUT2D eigenvalue weighted by Crippen LogP contribution is 2.38. The number of carbonyl (C=O) groups is 1. The van der Waals surface area contributed by atoms with Crippen LogP contribution in [0.3, 0.4) is 0 Å². The highest BCUT2D eigenvalue weighted by atomic mass is 19.3. The Hall–Kier alpha value is -3.04. The molecular weight excluding hydrogens is 392 g/mol. The second-order valence-electron chi connectivity index (χ2n) is 7.96. The van der Waals surface area contributed by atoms with Crippen LogP contribution in [0.5, 0.6) is 0 Å². The van der Waals surface area contributed by atoms with Crippen molar-refractivity contribution in [2.75, 3.05) is 5.73 Å². The van der Waals surface area contributed by atoms with Crippen molar-refractivity contribution in [3.05, 3.63) is 30.2 Å². The zero-order chi connectivity index (χ0) is 21.5. The van der Waals surface area contributed by atoms with Gasteiger partial charge in [0.05, 0.1) is 17.8 Å². The zero-order valence-electron chi connectivity index (χ0n) is 17.0. The molecule has 1 amide bonds. The lowest BCUT2D eigenvalue weighted by Crippen LogP contribution is -2.32. The number of amides is 1. The first-order valence-electron chi connectivity index (χ1n) is 10.1. The second kappa shape index (κ2) is 7.66. The first-order valence-corrected chi connectivity index (χ1v) is 10.1. The van der Waals surface area contributed by atoms with E-state index in [2.05, 4.69) is 20.5 Å². The van der Waals surface area contributed by atoms with Crippen LogP contribution in [-0.4, -0.2) is 42.3 Å². The van der Waals surface area contributed by atoms with Crippen LogP contribution in [0.4, 0.5) is 14.7 Å². The molecule has 0 saturated heterocycles. The third-order valence-electron chi connectivity index (χ3n) is 5.68. The molecule has 1 aliphatic carbocycles. The summed E-state index contributed by atoms with van der Waals surface area (Å²) in [6.45, 7) is 3.91. The first kappa shape index (κ1) is 20.2. The highest BCUT2D eigenvalue weighted by molar-refractivity contribution is 6.01. The van der Waals surface area contributed by atoms with Gasteiger partial charge in [-0.2, -0.15) is 10.1 Å². The first-order chi connectivity index (χ1) is 14.3. The van der Waals surface area contributed by atoms with Crippen molar-refractivity contribution >= 4 is 17.5 Å². The Kier molecular flexibility index (Phi) is 5.17. The zero-order valence-corrected chi connectivity index (χ0v) is 17.0. The number of alkyl halides is 2. The van der Waals surface area contributed by atoms with Gasteiger partial charge < -0.3 is 11.1 Å². The number of nitrogen functional groups attached to an aromatic ring is 1. The van der Waals surface area contributed by atoms with E-state index in [0.717, 1.165) is 12.0 Å². The van der Waals surface area contributed by atoms with Crippen LogP contribution in [0.1, 0.15) is 62.4 Å². The number of hydrogen-bond acceptors (Lipinski definition) is 5. The predicted octanol–water partition coefficient (Wildman–Crippen LogP) is 3.45. The summed E-state index contributed by atoms with van der Waals surface area (Å²) in [5, 5.41) is 11.5. The van der Waals surface area contributed by atoms with Gasteiger partial charge in [-0.1, -0.05) is 6.92 Å². The number of hydrogen-bond donors (Lipinski definition) is 2. The molecule has 3 aromatic rings. The molecule has 30 heavy (non-hydrogen) atoms. The minimum Gasteiger partial charge on any atom is -0.366 e. The number of fused-ring (bicyclic) bond motifs is 1. The quantitative estimate of drug-likeness (QED) is 0.662. The summed E-state index contributed by atoms with van der Waals surface area (Å²) in [5.74, 6) is -2.77. The number of halogens is 2. The molecule has 3 N–H and O–H groups in total. The van der Waals surface area contributed by atoms with Crippen molar-refractivity contribution in [2.45, 2.75) is 64.0 Å². The van der Waals surface area contributed by atoms with Crippen LogP contribution in [0, 0.1) is 0 Å². The summed E-state index contributed by atoms with van der Waals surface area (Å²) < 4.78 is 30.1. The van der Waals surface area contributed by atoms with Crippen LogP contribution in [0.25, 0.3) is 16.8 Å². The normalized spacial score (nSPS) is 17.9. The van der Waals surface area contributed by atoms with Gasteiger partial charge in [-0.25, -0.2) is 13.3 Å². The number of nitrogens with one attached hydrogen (secondary N) is 1. The topological polar surface area (TPSA) is 103 Å². The van der Waals surface area contributed by atoms with Crippen molar-refractivity contribution < 1.29 is 13.6 Å². The van der Waals surface area contributed by atoms with Gasteiger partial charge in [0.25, 0.3) is 5.91 Å². The lowest BCUT2D eigenvalue weighted by Gasteiger charge is -2.28. The van der Waals surface area contributed by atoms with Crippen molar-refractivity contribution in [1.82, 2.24) is 29.7 Å². The number of rotatable bonds is 5. The maximum absolute atomic E-state index is 13.5. The van der Waals surface area contributed by atoms with E-state index in [0.29, 0.717) is 29.6 Å². The summed E-state index contributed by atoms with van der Waals surface area (Å²) in [6.07, 6.45) is 6.54. The Bertz CT molecular complexity index is 1060. The summed E-state index contributed by atoms with van der Waals surface area (Å²) >= 11 is 0. The third-order valence-corrected chi connectivity index (χ3v) is 5.68. The van der Waals surface area contributed by atoms with Gasteiger partial charge in [0.2, 0.25) is 11.9 Å². The van der Waals surface area contributed by atoms with Crippen LogP contribution in [0.2, 0.25) is 0 Å². The maximum Gasteiger partial charge on any atom is 0.255 e. The van der Waals surface area contributed by atoms with E-state index in [1.54, 1.807) is 23.1 Å². The van der Waals surface area contributed by atoms with E-state index < -0.39 is 5.92 Å². The van der Waals surface area contributed by atoms with Gasteiger partial charge in [0, 0.05) is 42.4 Å². The van der Waals surface area contributed by atoms with Gasteiger partial charge >= 0.3 is 0 Å². The van der Waals surface area contributed by atoms with Crippen LogP contribution in [0.15, 0.2) is 24.7 Å². The fraction of sp³-hybridized carbons (Fsp3) is 0.500. The minimum atomic E-state index is -2.58.